The molecule has 5 atom stereocenters. The molecule has 29 heavy (non-hydrogen) atoms. The Morgan fingerprint density at radius 2 is 2.03 bits per heavy atom. The summed E-state index contributed by atoms with van der Waals surface area (Å²) in [6.45, 7) is 7.00. The number of fused-ring (bicyclic) bond motifs is 1. The number of esters is 2. The number of carbonyl (C=O) groups is 2. The molecule has 2 aliphatic rings. The third kappa shape index (κ3) is 4.24. The number of allylic oxidation sites excluding steroid dienone is 1. The van der Waals surface area contributed by atoms with E-state index in [0.717, 1.165) is 0 Å². The van der Waals surface area contributed by atoms with Crippen LogP contribution in [0.5, 0.6) is 0 Å². The third-order valence-corrected chi connectivity index (χ3v) is 5.93. The molecule has 0 aliphatic carbocycles. The highest BCUT2D eigenvalue weighted by molar-refractivity contribution is 5.87. The van der Waals surface area contributed by atoms with Crippen molar-refractivity contribution in [3.63, 3.8) is 0 Å². The van der Waals surface area contributed by atoms with Crippen LogP contribution in [0.25, 0.3) is 0 Å². The monoisotopic (exact) mass is 413 g/mol. The molecule has 0 amide bonds. The number of carbonyl (C=O) groups excluding carboxylic acids is 2. The van der Waals surface area contributed by atoms with Crippen molar-refractivity contribution in [2.24, 2.45) is 0 Å². The summed E-state index contributed by atoms with van der Waals surface area (Å²) in [6, 6.07) is -0.696. The van der Waals surface area contributed by atoms with Crippen molar-refractivity contribution in [3.8, 4) is 0 Å². The number of quaternary nitrogens is 1. The molecule has 164 valence electrons. The van der Waals surface area contributed by atoms with E-state index in [0.29, 0.717) is 17.6 Å². The first-order chi connectivity index (χ1) is 13.3. The molecule has 0 bridgehead atoms. The first-order valence-electron chi connectivity index (χ1n) is 9.68. The molecule has 2 aliphatic heterocycles. The summed E-state index contributed by atoms with van der Waals surface area (Å²) in [6.07, 6.45) is 1.43. The molecule has 1 saturated heterocycles. The number of hydrogen-bond donors (Lipinski definition) is 3. The molecular weight excluding hydrogens is 382 g/mol. The van der Waals surface area contributed by atoms with Gasteiger partial charge in [-0.15, -0.1) is 0 Å². The molecule has 0 aromatic rings. The minimum absolute atomic E-state index is 0.167. The average molecular weight is 413 g/mol. The van der Waals surface area contributed by atoms with Gasteiger partial charge in [0.2, 0.25) is 5.60 Å². The molecule has 0 aromatic heterocycles. The molecule has 2 rings (SSSR count). The Labute approximate surface area is 170 Å². The van der Waals surface area contributed by atoms with Crippen LogP contribution >= 0.6 is 0 Å². The maximum atomic E-state index is 13.0. The Morgan fingerprint density at radius 3 is 2.55 bits per heavy atom. The fourth-order valence-corrected chi connectivity index (χ4v) is 3.89. The summed E-state index contributed by atoms with van der Waals surface area (Å²) in [5, 5.41) is 43.5. The van der Waals surface area contributed by atoms with E-state index in [9.17, 15) is 30.1 Å². The lowest BCUT2D eigenvalue weighted by atomic mass is 9.81. The van der Waals surface area contributed by atoms with E-state index in [4.69, 9.17) is 9.47 Å². The van der Waals surface area contributed by atoms with E-state index in [-0.39, 0.29) is 19.7 Å². The number of aliphatic hydroxyl groups excluding tert-OH is 1. The normalized spacial score (nSPS) is 30.2. The van der Waals surface area contributed by atoms with E-state index in [1.54, 1.807) is 26.0 Å². The topological polar surface area (TPSA) is 136 Å². The van der Waals surface area contributed by atoms with E-state index >= 15 is 0 Å². The maximum Gasteiger partial charge on any atom is 0.344 e. The number of aliphatic hydroxyl groups is 3. The van der Waals surface area contributed by atoms with Crippen LogP contribution in [-0.4, -0.2) is 81.1 Å². The lowest BCUT2D eigenvalue weighted by Crippen LogP contribution is -2.63. The zero-order chi connectivity index (χ0) is 22.2. The Balaban J connectivity index is 2.13. The summed E-state index contributed by atoms with van der Waals surface area (Å²) in [4.78, 5) is 24.6. The highest BCUT2D eigenvalue weighted by Gasteiger charge is 2.55. The fourth-order valence-electron chi connectivity index (χ4n) is 3.89. The second kappa shape index (κ2) is 8.16. The highest BCUT2D eigenvalue weighted by atomic mass is 16.6. The highest BCUT2D eigenvalue weighted by Crippen LogP contribution is 2.38. The van der Waals surface area contributed by atoms with Gasteiger partial charge in [0.1, 0.15) is 12.2 Å². The van der Waals surface area contributed by atoms with Gasteiger partial charge in [0, 0.05) is 17.6 Å². The van der Waals surface area contributed by atoms with Crippen LogP contribution in [0.15, 0.2) is 23.3 Å². The smallest absolute Gasteiger partial charge is 0.344 e. The number of hydroxylamine groups is 3. The molecule has 9 nitrogen and oxygen atoms in total. The fraction of sp³-hybridized carbons (Fsp3) is 0.700. The maximum absolute atomic E-state index is 13.0. The van der Waals surface area contributed by atoms with Gasteiger partial charge >= 0.3 is 11.9 Å². The number of nitrogens with zero attached hydrogens (tertiary/aromatic N) is 1. The minimum Gasteiger partial charge on any atom is -0.632 e. The van der Waals surface area contributed by atoms with Gasteiger partial charge in [-0.05, 0) is 40.7 Å². The van der Waals surface area contributed by atoms with Gasteiger partial charge in [-0.25, -0.2) is 9.59 Å². The van der Waals surface area contributed by atoms with Crippen LogP contribution in [0.3, 0.4) is 0 Å². The third-order valence-electron chi connectivity index (χ3n) is 5.93. The predicted octanol–water partition coefficient (Wildman–Crippen LogP) is 0.317. The van der Waals surface area contributed by atoms with Crippen molar-refractivity contribution in [1.29, 1.82) is 0 Å². The molecule has 0 saturated carbocycles. The summed E-state index contributed by atoms with van der Waals surface area (Å²) in [7, 11) is 0. The molecule has 1 fully saturated rings. The van der Waals surface area contributed by atoms with Crippen molar-refractivity contribution in [2.75, 3.05) is 19.7 Å². The quantitative estimate of drug-likeness (QED) is 0.178. The Kier molecular flexibility index (Phi) is 6.61. The van der Waals surface area contributed by atoms with Gasteiger partial charge in [0.15, 0.2) is 12.1 Å². The van der Waals surface area contributed by atoms with Gasteiger partial charge in [0.05, 0.1) is 19.2 Å². The van der Waals surface area contributed by atoms with Crippen LogP contribution in [0.1, 0.15) is 41.0 Å². The van der Waals surface area contributed by atoms with Crippen molar-refractivity contribution in [3.05, 3.63) is 28.5 Å². The van der Waals surface area contributed by atoms with Gasteiger partial charge in [-0.1, -0.05) is 6.08 Å². The molecule has 3 N–H and O–H groups in total. The van der Waals surface area contributed by atoms with Crippen LogP contribution in [0.2, 0.25) is 0 Å². The summed E-state index contributed by atoms with van der Waals surface area (Å²) >= 11 is 0. The van der Waals surface area contributed by atoms with Gasteiger partial charge in [0.25, 0.3) is 0 Å². The molecule has 9 heteroatoms. The molecular formula is C20H31NO8. The lowest BCUT2D eigenvalue weighted by molar-refractivity contribution is -0.877. The van der Waals surface area contributed by atoms with Gasteiger partial charge in [-0.3, -0.25) is 0 Å². The Morgan fingerprint density at radius 1 is 1.41 bits per heavy atom. The minimum atomic E-state index is -2.54. The SMILES string of the molecule is C/C=C(/C)C(=O)O[C@H]1CC[N+]2([O-])CC=C(COC(=O)[C@](O)([C@H](C)O)C(C)(C)O)[C@H]12. The van der Waals surface area contributed by atoms with Crippen molar-refractivity contribution >= 4 is 11.9 Å². The second-order valence-corrected chi connectivity index (χ2v) is 8.36. The summed E-state index contributed by atoms with van der Waals surface area (Å²) in [5.41, 5.74) is -3.58. The first kappa shape index (κ1) is 23.5. The zero-order valence-corrected chi connectivity index (χ0v) is 17.5. The molecule has 0 radical (unpaired) electrons. The van der Waals surface area contributed by atoms with Crippen molar-refractivity contribution in [1.82, 2.24) is 0 Å². The van der Waals surface area contributed by atoms with E-state index < -0.39 is 46.0 Å². The van der Waals surface area contributed by atoms with Crippen molar-refractivity contribution in [2.45, 2.75) is 70.5 Å². The lowest BCUT2D eigenvalue weighted by Gasteiger charge is -2.41. The molecule has 0 aromatic carbocycles. The predicted molar refractivity (Wildman–Crippen MR) is 103 cm³/mol. The summed E-state index contributed by atoms with van der Waals surface area (Å²) in [5.74, 6) is -1.70. The van der Waals surface area contributed by atoms with Crippen molar-refractivity contribution < 1.29 is 39.0 Å². The van der Waals surface area contributed by atoms with Gasteiger partial charge < -0.3 is 34.6 Å². The Hall–Kier alpha value is -1.78. The van der Waals surface area contributed by atoms with Crippen LogP contribution in [-0.2, 0) is 19.1 Å². The van der Waals surface area contributed by atoms with Crippen LogP contribution in [0.4, 0.5) is 0 Å². The molecule has 1 unspecified atom stereocenters. The average Bonchev–Trinajstić information content (AvgIpc) is 3.12. The standard InChI is InChI=1S/C20H31NO8/c1-6-12(2)17(23)29-15-8-10-21(27)9-7-14(16(15)21)11-28-18(24)20(26,13(3)22)19(4,5)25/h6-7,13,15-16,22,25-26H,8-11H2,1-5H3/b12-6-/t13-,15-,16+,20+,21?/m0/s1. The number of ether oxygens (including phenoxy) is 2. The number of hydrogen-bond acceptors (Lipinski definition) is 8. The second-order valence-electron chi connectivity index (χ2n) is 8.36. The van der Waals surface area contributed by atoms with Crippen LogP contribution < -0.4 is 0 Å². The first-order valence-corrected chi connectivity index (χ1v) is 9.68. The van der Waals surface area contributed by atoms with E-state index in [2.05, 4.69) is 0 Å². The number of rotatable bonds is 7. The van der Waals surface area contributed by atoms with Gasteiger partial charge in [-0.2, -0.15) is 0 Å². The zero-order valence-electron chi connectivity index (χ0n) is 17.5. The molecule has 0 spiro atoms. The largest absolute Gasteiger partial charge is 0.632 e. The molecule has 2 heterocycles. The van der Waals surface area contributed by atoms with E-state index in [1.165, 1.54) is 20.8 Å². The Bertz CT molecular complexity index is 722. The van der Waals surface area contributed by atoms with Crippen LogP contribution in [0, 0.1) is 5.21 Å². The van der Waals surface area contributed by atoms with E-state index in [1.807, 2.05) is 0 Å². The summed E-state index contributed by atoms with van der Waals surface area (Å²) < 4.78 is 10.1.